The largest absolute Gasteiger partial charge is 0.480 e. The first-order valence-electron chi connectivity index (χ1n) is 3.98. The monoisotopic (exact) mass is 247 g/mol. The van der Waals surface area contributed by atoms with E-state index in [4.69, 9.17) is 5.11 Å². The molecule has 1 amide bonds. The molecule has 0 saturated heterocycles. The molecule has 2 N–H and O–H groups in total. The zero-order chi connectivity index (χ0) is 11.3. The summed E-state index contributed by atoms with van der Waals surface area (Å²) in [5.41, 5.74) is 1.57. The summed E-state index contributed by atoms with van der Waals surface area (Å²) in [7, 11) is 0. The van der Waals surface area contributed by atoms with Gasteiger partial charge in [0.25, 0.3) is 0 Å². The van der Waals surface area contributed by atoms with E-state index in [2.05, 4.69) is 15.5 Å². The van der Waals surface area contributed by atoms with Gasteiger partial charge in [-0.3, -0.25) is 4.79 Å². The Morgan fingerprint density at radius 1 is 1.73 bits per heavy atom. The molecule has 1 rings (SSSR count). The number of carbonyl (C=O) groups is 2. The number of aliphatic carboxylic acids is 1. The average molecular weight is 247 g/mol. The number of carboxylic acid groups (broad SMARTS) is 1. The van der Waals surface area contributed by atoms with Crippen molar-refractivity contribution in [1.82, 2.24) is 15.5 Å². The molecule has 0 bridgehead atoms. The van der Waals surface area contributed by atoms with E-state index in [1.165, 1.54) is 30.0 Å². The van der Waals surface area contributed by atoms with Crippen LogP contribution >= 0.6 is 23.1 Å². The van der Waals surface area contributed by atoms with Crippen LogP contribution in [-0.4, -0.2) is 39.0 Å². The van der Waals surface area contributed by atoms with E-state index >= 15 is 0 Å². The third-order valence-corrected chi connectivity index (χ3v) is 3.34. The van der Waals surface area contributed by atoms with Crippen molar-refractivity contribution < 1.29 is 14.7 Å². The highest BCUT2D eigenvalue weighted by atomic mass is 32.2. The summed E-state index contributed by atoms with van der Waals surface area (Å²) in [6.45, 7) is 1.28. The van der Waals surface area contributed by atoms with Gasteiger partial charge in [0.15, 0.2) is 4.34 Å². The molecule has 0 aliphatic rings. The lowest BCUT2D eigenvalue weighted by atomic mass is 10.3. The molecule has 1 atom stereocenters. The van der Waals surface area contributed by atoms with Gasteiger partial charge in [-0.15, -0.1) is 10.2 Å². The summed E-state index contributed by atoms with van der Waals surface area (Å²) in [4.78, 5) is 21.4. The Labute approximate surface area is 94.1 Å². The normalized spacial score (nSPS) is 12.1. The molecule has 1 aromatic rings. The minimum Gasteiger partial charge on any atom is -0.480 e. The molecule has 0 aromatic carbocycles. The Kier molecular flexibility index (Phi) is 4.50. The SMILES string of the molecule is CC(=O)NC(CSc1nncs1)C(=O)O. The van der Waals surface area contributed by atoms with Crippen molar-refractivity contribution in [2.45, 2.75) is 17.3 Å². The van der Waals surface area contributed by atoms with Crippen molar-refractivity contribution in [3.63, 3.8) is 0 Å². The van der Waals surface area contributed by atoms with Crippen molar-refractivity contribution in [3.8, 4) is 0 Å². The summed E-state index contributed by atoms with van der Waals surface area (Å²) in [6, 6.07) is -0.892. The molecule has 0 radical (unpaired) electrons. The van der Waals surface area contributed by atoms with Crippen LogP contribution in [0.2, 0.25) is 0 Å². The number of hydrogen-bond acceptors (Lipinski definition) is 6. The minimum absolute atomic E-state index is 0.240. The number of carboxylic acids is 1. The lowest BCUT2D eigenvalue weighted by molar-refractivity contribution is -0.140. The van der Waals surface area contributed by atoms with Crippen LogP contribution in [0.15, 0.2) is 9.85 Å². The lowest BCUT2D eigenvalue weighted by Crippen LogP contribution is -2.41. The second-order valence-corrected chi connectivity index (χ2v) is 4.71. The third kappa shape index (κ3) is 4.26. The fourth-order valence-corrected chi connectivity index (χ4v) is 2.32. The molecule has 0 aliphatic carbocycles. The van der Waals surface area contributed by atoms with Crippen molar-refractivity contribution in [3.05, 3.63) is 5.51 Å². The van der Waals surface area contributed by atoms with Crippen LogP contribution in [0.25, 0.3) is 0 Å². The topological polar surface area (TPSA) is 92.2 Å². The van der Waals surface area contributed by atoms with Gasteiger partial charge in [0, 0.05) is 12.7 Å². The molecule has 0 fully saturated rings. The van der Waals surface area contributed by atoms with E-state index in [0.717, 1.165) is 0 Å². The highest BCUT2D eigenvalue weighted by Crippen LogP contribution is 2.19. The van der Waals surface area contributed by atoms with Crippen LogP contribution < -0.4 is 5.32 Å². The molecule has 15 heavy (non-hydrogen) atoms. The van der Waals surface area contributed by atoms with Gasteiger partial charge in [-0.25, -0.2) is 4.79 Å². The number of rotatable bonds is 5. The zero-order valence-corrected chi connectivity index (χ0v) is 9.47. The molecule has 1 unspecified atom stereocenters. The number of amides is 1. The van der Waals surface area contributed by atoms with Crippen LogP contribution in [0, 0.1) is 0 Å². The summed E-state index contributed by atoms with van der Waals surface area (Å²) in [6.07, 6.45) is 0. The fraction of sp³-hybridized carbons (Fsp3) is 0.429. The number of nitrogens with zero attached hydrogens (tertiary/aromatic N) is 2. The first-order valence-corrected chi connectivity index (χ1v) is 5.85. The highest BCUT2D eigenvalue weighted by molar-refractivity contribution is 8.01. The van der Waals surface area contributed by atoms with Crippen molar-refractivity contribution >= 4 is 35.0 Å². The maximum Gasteiger partial charge on any atom is 0.327 e. The summed E-state index contributed by atoms with van der Waals surface area (Å²) >= 11 is 2.59. The van der Waals surface area contributed by atoms with E-state index in [1.54, 1.807) is 5.51 Å². The van der Waals surface area contributed by atoms with Gasteiger partial charge in [-0.1, -0.05) is 23.1 Å². The van der Waals surface area contributed by atoms with E-state index in [0.29, 0.717) is 4.34 Å². The summed E-state index contributed by atoms with van der Waals surface area (Å²) in [5.74, 6) is -1.17. The Balaban J connectivity index is 2.45. The predicted octanol–water partition coefficient (Wildman–Crippen LogP) is 0.219. The van der Waals surface area contributed by atoms with Crippen LogP contribution in [-0.2, 0) is 9.59 Å². The molecule has 1 heterocycles. The second kappa shape index (κ2) is 5.66. The number of carbonyl (C=O) groups excluding carboxylic acids is 1. The molecule has 6 nitrogen and oxygen atoms in total. The standard InChI is InChI=1S/C7H9N3O3S2/c1-4(11)9-5(6(12)13)2-14-7-10-8-3-15-7/h3,5H,2H2,1H3,(H,9,11)(H,12,13). The van der Waals surface area contributed by atoms with E-state index in [1.807, 2.05) is 0 Å². The van der Waals surface area contributed by atoms with Crippen LogP contribution in [0.4, 0.5) is 0 Å². The molecule has 8 heteroatoms. The van der Waals surface area contributed by atoms with Gasteiger partial charge in [0.2, 0.25) is 5.91 Å². The van der Waals surface area contributed by atoms with E-state index in [-0.39, 0.29) is 11.7 Å². The molecular weight excluding hydrogens is 238 g/mol. The third-order valence-electron chi connectivity index (χ3n) is 1.39. The Hall–Kier alpha value is -1.15. The molecule has 1 aromatic heterocycles. The molecular formula is C7H9N3O3S2. The van der Waals surface area contributed by atoms with Gasteiger partial charge in [0.1, 0.15) is 11.6 Å². The van der Waals surface area contributed by atoms with Crippen LogP contribution in [0.5, 0.6) is 0 Å². The average Bonchev–Trinajstić information content (AvgIpc) is 2.63. The second-order valence-electron chi connectivity index (χ2n) is 2.61. The zero-order valence-electron chi connectivity index (χ0n) is 7.84. The lowest BCUT2D eigenvalue weighted by Gasteiger charge is -2.11. The van der Waals surface area contributed by atoms with Crippen molar-refractivity contribution in [2.24, 2.45) is 0 Å². The number of aromatic nitrogens is 2. The molecule has 0 saturated carbocycles. The molecule has 0 aliphatic heterocycles. The van der Waals surface area contributed by atoms with Gasteiger partial charge < -0.3 is 10.4 Å². The van der Waals surface area contributed by atoms with E-state index < -0.39 is 12.0 Å². The van der Waals surface area contributed by atoms with Gasteiger partial charge in [0.05, 0.1) is 0 Å². The minimum atomic E-state index is -1.05. The van der Waals surface area contributed by atoms with E-state index in [9.17, 15) is 9.59 Å². The Morgan fingerprint density at radius 2 is 2.47 bits per heavy atom. The van der Waals surface area contributed by atoms with Gasteiger partial charge >= 0.3 is 5.97 Å². The quantitative estimate of drug-likeness (QED) is 0.723. The molecule has 0 spiro atoms. The van der Waals surface area contributed by atoms with Crippen molar-refractivity contribution in [1.29, 1.82) is 0 Å². The maximum atomic E-state index is 10.7. The number of nitrogens with one attached hydrogen (secondary N) is 1. The predicted molar refractivity (Wildman–Crippen MR) is 55.9 cm³/mol. The number of thioether (sulfide) groups is 1. The van der Waals surface area contributed by atoms with Crippen molar-refractivity contribution in [2.75, 3.05) is 5.75 Å². The Bertz CT molecular complexity index is 341. The Morgan fingerprint density at radius 3 is 2.93 bits per heavy atom. The summed E-state index contributed by atoms with van der Waals surface area (Å²) < 4.78 is 0.687. The van der Waals surface area contributed by atoms with Crippen LogP contribution in [0.3, 0.4) is 0 Å². The number of hydrogen-bond donors (Lipinski definition) is 2. The first-order chi connectivity index (χ1) is 7.09. The smallest absolute Gasteiger partial charge is 0.327 e. The summed E-state index contributed by atoms with van der Waals surface area (Å²) in [5, 5.41) is 18.5. The fourth-order valence-electron chi connectivity index (χ4n) is 0.801. The van der Waals surface area contributed by atoms with Gasteiger partial charge in [-0.05, 0) is 0 Å². The highest BCUT2D eigenvalue weighted by Gasteiger charge is 2.18. The van der Waals surface area contributed by atoms with Crippen LogP contribution in [0.1, 0.15) is 6.92 Å². The first kappa shape index (κ1) is 11.9. The molecule has 82 valence electrons. The van der Waals surface area contributed by atoms with Gasteiger partial charge in [-0.2, -0.15) is 0 Å². The maximum absolute atomic E-state index is 10.7.